The Morgan fingerprint density at radius 1 is 1.25 bits per heavy atom. The Labute approximate surface area is 102 Å². The zero-order valence-corrected chi connectivity index (χ0v) is 10.3. The van der Waals surface area contributed by atoms with Crippen LogP contribution in [0.3, 0.4) is 0 Å². The molecule has 0 N–H and O–H groups in total. The van der Waals surface area contributed by atoms with Crippen LogP contribution in [0.4, 0.5) is 0 Å². The van der Waals surface area contributed by atoms with Crippen molar-refractivity contribution in [2.45, 2.75) is 26.2 Å². The first kappa shape index (κ1) is 11.2. The van der Waals surface area contributed by atoms with E-state index in [1.165, 1.54) is 10.9 Å². The van der Waals surface area contributed by atoms with Gasteiger partial charge in [0.15, 0.2) is 0 Å². The molecule has 0 unspecified atom stereocenters. The second-order valence-corrected chi connectivity index (χ2v) is 4.46. The molecule has 0 aliphatic heterocycles. The lowest BCUT2D eigenvalue weighted by atomic mass is 10.0. The molecular formula is C14H15NS. The van der Waals surface area contributed by atoms with E-state index in [9.17, 15) is 0 Å². The molecule has 0 radical (unpaired) electrons. The summed E-state index contributed by atoms with van der Waals surface area (Å²) in [5, 5.41) is 1.25. The Balaban J connectivity index is 2.27. The molecule has 0 fully saturated rings. The number of nitrogens with zero attached hydrogens (tertiary/aromatic N) is 1. The maximum absolute atomic E-state index is 5.26. The summed E-state index contributed by atoms with van der Waals surface area (Å²) >= 11 is 5.26. The SMILES string of the molecule is CCC(=S)CCc1ccnc2ccccc12. The summed E-state index contributed by atoms with van der Waals surface area (Å²) in [6, 6.07) is 10.4. The van der Waals surface area contributed by atoms with Gasteiger partial charge in [0.1, 0.15) is 0 Å². The van der Waals surface area contributed by atoms with Crippen LogP contribution in [0.5, 0.6) is 0 Å². The molecule has 0 atom stereocenters. The first-order chi connectivity index (χ1) is 7.81. The van der Waals surface area contributed by atoms with Gasteiger partial charge in [-0.05, 0) is 41.8 Å². The minimum Gasteiger partial charge on any atom is -0.256 e. The number of hydrogen-bond acceptors (Lipinski definition) is 2. The summed E-state index contributed by atoms with van der Waals surface area (Å²) in [4.78, 5) is 5.51. The molecule has 0 saturated carbocycles. The average molecular weight is 229 g/mol. The normalized spacial score (nSPS) is 10.6. The van der Waals surface area contributed by atoms with E-state index < -0.39 is 0 Å². The van der Waals surface area contributed by atoms with Crippen molar-refractivity contribution in [2.24, 2.45) is 0 Å². The Kier molecular flexibility index (Phi) is 3.62. The molecule has 82 valence electrons. The average Bonchev–Trinajstić information content (AvgIpc) is 2.35. The highest BCUT2D eigenvalue weighted by atomic mass is 32.1. The number of benzene rings is 1. The minimum atomic E-state index is 0.998. The quantitative estimate of drug-likeness (QED) is 0.736. The number of fused-ring (bicyclic) bond motifs is 1. The van der Waals surface area contributed by atoms with E-state index in [4.69, 9.17) is 12.2 Å². The van der Waals surface area contributed by atoms with Gasteiger partial charge in [-0.2, -0.15) is 0 Å². The molecule has 1 nitrogen and oxygen atoms in total. The second-order valence-electron chi connectivity index (χ2n) is 3.88. The van der Waals surface area contributed by atoms with Crippen molar-refractivity contribution in [3.8, 4) is 0 Å². The van der Waals surface area contributed by atoms with Crippen molar-refractivity contribution < 1.29 is 0 Å². The van der Waals surface area contributed by atoms with E-state index >= 15 is 0 Å². The van der Waals surface area contributed by atoms with Crippen molar-refractivity contribution in [1.29, 1.82) is 0 Å². The van der Waals surface area contributed by atoms with Crippen molar-refractivity contribution in [3.05, 3.63) is 42.1 Å². The van der Waals surface area contributed by atoms with Gasteiger partial charge in [0.25, 0.3) is 0 Å². The molecule has 0 aliphatic carbocycles. The van der Waals surface area contributed by atoms with Crippen LogP contribution in [-0.4, -0.2) is 9.85 Å². The van der Waals surface area contributed by atoms with Crippen LogP contribution in [0.25, 0.3) is 10.9 Å². The molecule has 16 heavy (non-hydrogen) atoms. The zero-order valence-electron chi connectivity index (χ0n) is 9.44. The van der Waals surface area contributed by atoms with E-state index in [-0.39, 0.29) is 0 Å². The number of rotatable bonds is 4. The molecule has 0 amide bonds. The number of pyridine rings is 1. The highest BCUT2D eigenvalue weighted by molar-refractivity contribution is 7.80. The van der Waals surface area contributed by atoms with Gasteiger partial charge in [-0.15, -0.1) is 0 Å². The topological polar surface area (TPSA) is 12.9 Å². The van der Waals surface area contributed by atoms with Crippen molar-refractivity contribution in [2.75, 3.05) is 0 Å². The van der Waals surface area contributed by atoms with Gasteiger partial charge in [0.2, 0.25) is 0 Å². The third-order valence-corrected chi connectivity index (χ3v) is 3.30. The number of thiocarbonyl (C=S) groups is 1. The van der Waals surface area contributed by atoms with Crippen LogP contribution in [0.1, 0.15) is 25.3 Å². The fraction of sp³-hybridized carbons (Fsp3) is 0.286. The van der Waals surface area contributed by atoms with Crippen molar-refractivity contribution in [3.63, 3.8) is 0 Å². The lowest BCUT2D eigenvalue weighted by molar-refractivity contribution is 1.03. The summed E-state index contributed by atoms with van der Waals surface area (Å²) < 4.78 is 0. The highest BCUT2D eigenvalue weighted by Gasteiger charge is 2.02. The minimum absolute atomic E-state index is 0.998. The summed E-state index contributed by atoms with van der Waals surface area (Å²) in [5.41, 5.74) is 2.42. The predicted molar refractivity (Wildman–Crippen MR) is 73.0 cm³/mol. The maximum Gasteiger partial charge on any atom is 0.0704 e. The van der Waals surface area contributed by atoms with Crippen molar-refractivity contribution >= 4 is 28.0 Å². The molecule has 1 heterocycles. The second kappa shape index (κ2) is 5.17. The van der Waals surface area contributed by atoms with E-state index in [2.05, 4.69) is 36.2 Å². The monoisotopic (exact) mass is 229 g/mol. The van der Waals surface area contributed by atoms with Gasteiger partial charge < -0.3 is 0 Å². The summed E-state index contributed by atoms with van der Waals surface area (Å²) in [6.07, 6.45) is 4.90. The summed E-state index contributed by atoms with van der Waals surface area (Å²) in [5.74, 6) is 0. The summed E-state index contributed by atoms with van der Waals surface area (Å²) in [6.45, 7) is 2.12. The molecule has 0 aliphatic rings. The van der Waals surface area contributed by atoms with Gasteiger partial charge in [0, 0.05) is 11.6 Å². The molecular weight excluding hydrogens is 214 g/mol. The third kappa shape index (κ3) is 2.45. The Hall–Kier alpha value is -1.28. The predicted octanol–water partition coefficient (Wildman–Crippen LogP) is 3.95. The van der Waals surface area contributed by atoms with E-state index in [0.29, 0.717) is 0 Å². The third-order valence-electron chi connectivity index (χ3n) is 2.81. The van der Waals surface area contributed by atoms with E-state index in [1.54, 1.807) is 0 Å². The van der Waals surface area contributed by atoms with Gasteiger partial charge in [0.05, 0.1) is 5.52 Å². The Morgan fingerprint density at radius 3 is 2.88 bits per heavy atom. The van der Waals surface area contributed by atoms with Crippen LogP contribution in [-0.2, 0) is 6.42 Å². The fourth-order valence-electron chi connectivity index (χ4n) is 1.82. The summed E-state index contributed by atoms with van der Waals surface area (Å²) in [7, 11) is 0. The largest absolute Gasteiger partial charge is 0.256 e. The lowest BCUT2D eigenvalue weighted by Crippen LogP contribution is -1.96. The van der Waals surface area contributed by atoms with E-state index in [0.717, 1.165) is 29.6 Å². The fourth-order valence-corrected chi connectivity index (χ4v) is 1.93. The molecule has 0 bridgehead atoms. The van der Waals surface area contributed by atoms with Crippen molar-refractivity contribution in [1.82, 2.24) is 4.98 Å². The van der Waals surface area contributed by atoms with Gasteiger partial charge in [-0.25, -0.2) is 0 Å². The number of aryl methyl sites for hydroxylation is 1. The molecule has 2 rings (SSSR count). The number of para-hydroxylation sites is 1. The number of hydrogen-bond donors (Lipinski definition) is 0. The van der Waals surface area contributed by atoms with Gasteiger partial charge in [-0.1, -0.05) is 37.3 Å². The van der Waals surface area contributed by atoms with Gasteiger partial charge in [-0.3, -0.25) is 4.98 Å². The molecule has 0 spiro atoms. The number of aromatic nitrogens is 1. The van der Waals surface area contributed by atoms with E-state index in [1.807, 2.05) is 12.3 Å². The van der Waals surface area contributed by atoms with Crippen LogP contribution >= 0.6 is 12.2 Å². The van der Waals surface area contributed by atoms with Crippen LogP contribution in [0, 0.1) is 0 Å². The first-order valence-corrected chi connectivity index (χ1v) is 6.06. The standard InChI is InChI=1S/C14H15NS/c1-2-12(16)8-7-11-9-10-15-14-6-4-3-5-13(11)14/h3-6,9-10H,2,7-8H2,1H3. The molecule has 2 heteroatoms. The first-order valence-electron chi connectivity index (χ1n) is 5.65. The maximum atomic E-state index is 5.26. The van der Waals surface area contributed by atoms with Gasteiger partial charge >= 0.3 is 0 Å². The molecule has 1 aromatic carbocycles. The molecule has 0 saturated heterocycles. The Morgan fingerprint density at radius 2 is 2.06 bits per heavy atom. The molecule has 1 aromatic heterocycles. The molecule has 2 aromatic rings. The smallest absolute Gasteiger partial charge is 0.0704 e. The lowest BCUT2D eigenvalue weighted by Gasteiger charge is -2.05. The van der Waals surface area contributed by atoms with Crippen LogP contribution in [0.2, 0.25) is 0 Å². The van der Waals surface area contributed by atoms with Crippen LogP contribution < -0.4 is 0 Å². The highest BCUT2D eigenvalue weighted by Crippen LogP contribution is 2.17. The van der Waals surface area contributed by atoms with Crippen LogP contribution in [0.15, 0.2) is 36.5 Å². The zero-order chi connectivity index (χ0) is 11.4. The Bertz CT molecular complexity index is 500.